The first kappa shape index (κ1) is 12.1. The van der Waals surface area contributed by atoms with E-state index in [0.717, 1.165) is 35.1 Å². The van der Waals surface area contributed by atoms with Gasteiger partial charge in [-0.3, -0.25) is 4.79 Å². The van der Waals surface area contributed by atoms with Crippen LogP contribution in [0.5, 0.6) is 0 Å². The van der Waals surface area contributed by atoms with Crippen molar-refractivity contribution < 1.29 is 9.90 Å². The number of carboxylic acids is 1. The summed E-state index contributed by atoms with van der Waals surface area (Å²) in [6.45, 7) is 5.67. The topological polar surface area (TPSA) is 62.2 Å². The maximum atomic E-state index is 10.6. The van der Waals surface area contributed by atoms with Gasteiger partial charge in [-0.1, -0.05) is 6.92 Å². The highest BCUT2D eigenvalue weighted by atomic mass is 32.1. The van der Waals surface area contributed by atoms with E-state index in [1.807, 2.05) is 6.92 Å². The molecule has 0 aliphatic carbocycles. The molecule has 15 heavy (non-hydrogen) atoms. The third-order valence-electron chi connectivity index (χ3n) is 1.95. The second-order valence-corrected chi connectivity index (χ2v) is 4.53. The van der Waals surface area contributed by atoms with Gasteiger partial charge in [0.25, 0.3) is 0 Å². The summed E-state index contributed by atoms with van der Waals surface area (Å²) in [5, 5.41) is 12.9. The van der Waals surface area contributed by atoms with Crippen molar-refractivity contribution in [3.8, 4) is 0 Å². The van der Waals surface area contributed by atoms with E-state index in [4.69, 9.17) is 5.11 Å². The van der Waals surface area contributed by atoms with Crippen molar-refractivity contribution in [2.75, 3.05) is 6.54 Å². The first-order valence-electron chi connectivity index (χ1n) is 5.01. The molecule has 0 atom stereocenters. The monoisotopic (exact) mass is 228 g/mol. The summed E-state index contributed by atoms with van der Waals surface area (Å²) in [7, 11) is 0. The van der Waals surface area contributed by atoms with Crippen molar-refractivity contribution in [3.05, 3.63) is 15.6 Å². The Morgan fingerprint density at radius 3 is 2.93 bits per heavy atom. The molecular weight excluding hydrogens is 212 g/mol. The third-order valence-corrected chi connectivity index (χ3v) is 3.11. The van der Waals surface area contributed by atoms with Gasteiger partial charge in [-0.2, -0.15) is 0 Å². The quantitative estimate of drug-likeness (QED) is 0.726. The average molecular weight is 228 g/mol. The maximum Gasteiger partial charge on any atom is 0.308 e. The number of hydrogen-bond donors (Lipinski definition) is 2. The van der Waals surface area contributed by atoms with Gasteiger partial charge in [0.05, 0.1) is 12.1 Å². The Labute approximate surface area is 93.4 Å². The fourth-order valence-corrected chi connectivity index (χ4v) is 2.27. The molecule has 0 bridgehead atoms. The molecule has 0 spiro atoms. The molecule has 0 saturated heterocycles. The fourth-order valence-electron chi connectivity index (χ4n) is 1.24. The predicted molar refractivity (Wildman–Crippen MR) is 60.2 cm³/mol. The van der Waals surface area contributed by atoms with Crippen LogP contribution in [0.15, 0.2) is 0 Å². The fraction of sp³-hybridized carbons (Fsp3) is 0.600. The molecule has 84 valence electrons. The Kier molecular flexibility index (Phi) is 4.71. The number of aryl methyl sites for hydroxylation is 1. The molecule has 0 unspecified atom stereocenters. The van der Waals surface area contributed by atoms with Gasteiger partial charge >= 0.3 is 5.97 Å². The molecule has 1 rings (SSSR count). The van der Waals surface area contributed by atoms with Crippen LogP contribution in [0.4, 0.5) is 0 Å². The second-order valence-electron chi connectivity index (χ2n) is 3.36. The van der Waals surface area contributed by atoms with E-state index in [-0.39, 0.29) is 6.42 Å². The standard InChI is InChI=1S/C10H16N2O2S/c1-3-4-11-6-9-12-7(2)8(15-9)5-10(13)14/h11H,3-6H2,1-2H3,(H,13,14). The first-order valence-corrected chi connectivity index (χ1v) is 5.82. The van der Waals surface area contributed by atoms with Crippen LogP contribution in [0, 0.1) is 6.92 Å². The van der Waals surface area contributed by atoms with Crippen LogP contribution in [0.3, 0.4) is 0 Å². The molecule has 2 N–H and O–H groups in total. The summed E-state index contributed by atoms with van der Waals surface area (Å²) in [6, 6.07) is 0. The lowest BCUT2D eigenvalue weighted by molar-refractivity contribution is -0.136. The summed E-state index contributed by atoms with van der Waals surface area (Å²) in [5.74, 6) is -0.796. The number of nitrogens with zero attached hydrogens (tertiary/aromatic N) is 1. The van der Waals surface area contributed by atoms with Crippen molar-refractivity contribution in [1.29, 1.82) is 0 Å². The van der Waals surface area contributed by atoms with Gasteiger partial charge in [-0.15, -0.1) is 11.3 Å². The molecule has 1 aromatic heterocycles. The number of thiazole rings is 1. The summed E-state index contributed by atoms with van der Waals surface area (Å²) < 4.78 is 0. The number of nitrogens with one attached hydrogen (secondary N) is 1. The van der Waals surface area contributed by atoms with E-state index in [1.54, 1.807) is 0 Å². The highest BCUT2D eigenvalue weighted by molar-refractivity contribution is 7.11. The predicted octanol–water partition coefficient (Wildman–Crippen LogP) is 1.58. The number of hydrogen-bond acceptors (Lipinski definition) is 4. The van der Waals surface area contributed by atoms with Gasteiger partial charge in [0, 0.05) is 11.4 Å². The molecule has 0 aromatic carbocycles. The van der Waals surface area contributed by atoms with E-state index < -0.39 is 5.97 Å². The molecule has 1 aromatic rings. The molecule has 0 saturated carbocycles. The highest BCUT2D eigenvalue weighted by Crippen LogP contribution is 2.18. The minimum Gasteiger partial charge on any atom is -0.481 e. The number of carboxylic acid groups (broad SMARTS) is 1. The molecular formula is C10H16N2O2S. The largest absolute Gasteiger partial charge is 0.481 e. The third kappa shape index (κ3) is 3.97. The van der Waals surface area contributed by atoms with E-state index >= 15 is 0 Å². The number of carbonyl (C=O) groups is 1. The van der Waals surface area contributed by atoms with E-state index in [1.165, 1.54) is 11.3 Å². The van der Waals surface area contributed by atoms with E-state index in [9.17, 15) is 4.79 Å². The summed E-state index contributed by atoms with van der Waals surface area (Å²) in [6.07, 6.45) is 1.17. The first-order chi connectivity index (χ1) is 7.13. The smallest absolute Gasteiger partial charge is 0.308 e. The van der Waals surface area contributed by atoms with Gasteiger partial charge in [-0.25, -0.2) is 4.98 Å². The Morgan fingerprint density at radius 1 is 1.60 bits per heavy atom. The summed E-state index contributed by atoms with van der Waals surface area (Å²) in [5.41, 5.74) is 0.843. The molecule has 0 aliphatic heterocycles. The minimum atomic E-state index is -0.796. The van der Waals surface area contributed by atoms with Gasteiger partial charge in [-0.05, 0) is 19.9 Å². The lowest BCUT2D eigenvalue weighted by Gasteiger charge is -1.97. The van der Waals surface area contributed by atoms with Gasteiger partial charge in [0.15, 0.2) is 0 Å². The zero-order chi connectivity index (χ0) is 11.3. The SMILES string of the molecule is CCCNCc1nc(C)c(CC(=O)O)s1. The zero-order valence-electron chi connectivity index (χ0n) is 9.04. The van der Waals surface area contributed by atoms with Crippen molar-refractivity contribution in [2.45, 2.75) is 33.2 Å². The molecule has 0 radical (unpaired) electrons. The van der Waals surface area contributed by atoms with Crippen LogP contribution in [-0.2, 0) is 17.8 Å². The average Bonchev–Trinajstić information content (AvgIpc) is 2.47. The molecule has 5 heteroatoms. The van der Waals surface area contributed by atoms with Crippen molar-refractivity contribution >= 4 is 17.3 Å². The second kappa shape index (κ2) is 5.82. The lowest BCUT2D eigenvalue weighted by Crippen LogP contribution is -2.13. The van der Waals surface area contributed by atoms with Gasteiger partial charge in [0.1, 0.15) is 5.01 Å². The van der Waals surface area contributed by atoms with Gasteiger partial charge < -0.3 is 10.4 Å². The van der Waals surface area contributed by atoms with Crippen LogP contribution >= 0.6 is 11.3 Å². The van der Waals surface area contributed by atoms with Crippen LogP contribution in [0.25, 0.3) is 0 Å². The lowest BCUT2D eigenvalue weighted by atomic mass is 10.3. The summed E-state index contributed by atoms with van der Waals surface area (Å²) in [4.78, 5) is 15.7. The molecule has 0 amide bonds. The molecule has 4 nitrogen and oxygen atoms in total. The normalized spacial score (nSPS) is 10.5. The van der Waals surface area contributed by atoms with Crippen LogP contribution in [0.1, 0.15) is 28.9 Å². The number of aromatic nitrogens is 1. The Balaban J connectivity index is 2.56. The van der Waals surface area contributed by atoms with Crippen LogP contribution in [-0.4, -0.2) is 22.6 Å². The Hall–Kier alpha value is -0.940. The molecule has 0 aliphatic rings. The van der Waals surface area contributed by atoms with Crippen molar-refractivity contribution in [2.24, 2.45) is 0 Å². The number of aliphatic carboxylic acids is 1. The minimum absolute atomic E-state index is 0.0806. The number of rotatable bonds is 6. The molecule has 0 fully saturated rings. The zero-order valence-corrected chi connectivity index (χ0v) is 9.86. The van der Waals surface area contributed by atoms with Crippen LogP contribution in [0.2, 0.25) is 0 Å². The van der Waals surface area contributed by atoms with Gasteiger partial charge in [0.2, 0.25) is 0 Å². The van der Waals surface area contributed by atoms with Crippen LogP contribution < -0.4 is 5.32 Å². The maximum absolute atomic E-state index is 10.6. The van der Waals surface area contributed by atoms with E-state index in [2.05, 4.69) is 17.2 Å². The summed E-state index contributed by atoms with van der Waals surface area (Å²) >= 11 is 1.48. The Bertz CT molecular complexity index is 336. The van der Waals surface area contributed by atoms with Crippen molar-refractivity contribution in [1.82, 2.24) is 10.3 Å². The molecule has 1 heterocycles. The Morgan fingerprint density at radius 2 is 2.33 bits per heavy atom. The van der Waals surface area contributed by atoms with Crippen molar-refractivity contribution in [3.63, 3.8) is 0 Å². The van der Waals surface area contributed by atoms with E-state index in [0.29, 0.717) is 0 Å². The highest BCUT2D eigenvalue weighted by Gasteiger charge is 2.10.